The summed E-state index contributed by atoms with van der Waals surface area (Å²) in [6, 6.07) is 9.57. The molecule has 4 aromatic heterocycles. The maximum Gasteiger partial charge on any atom is 0.335 e. The van der Waals surface area contributed by atoms with Gasteiger partial charge in [0.15, 0.2) is 11.4 Å². The Morgan fingerprint density at radius 3 is 2.69 bits per heavy atom. The first-order chi connectivity index (χ1) is 17.5. The van der Waals surface area contributed by atoms with Crippen molar-refractivity contribution >= 4 is 34.3 Å². The largest absolute Gasteiger partial charge is 0.478 e. The third kappa shape index (κ3) is 3.81. The molecule has 0 aliphatic carbocycles. The van der Waals surface area contributed by atoms with E-state index in [1.807, 2.05) is 21.6 Å². The summed E-state index contributed by atoms with van der Waals surface area (Å²) < 4.78 is 23.4. The first-order valence-corrected chi connectivity index (χ1v) is 11.5. The summed E-state index contributed by atoms with van der Waals surface area (Å²) in [6.45, 7) is 4.23. The molecule has 0 radical (unpaired) electrons. The highest BCUT2D eigenvalue weighted by Gasteiger charge is 2.21. The van der Waals surface area contributed by atoms with E-state index in [1.54, 1.807) is 23.2 Å². The molecule has 0 spiro atoms. The van der Waals surface area contributed by atoms with E-state index in [0.717, 1.165) is 31.2 Å². The zero-order valence-corrected chi connectivity index (χ0v) is 19.2. The Bertz CT molecular complexity index is 1570. The first kappa shape index (κ1) is 22.0. The molecule has 11 nitrogen and oxygen atoms in total. The van der Waals surface area contributed by atoms with Crippen molar-refractivity contribution in [1.29, 1.82) is 0 Å². The van der Waals surface area contributed by atoms with Gasteiger partial charge in [0.1, 0.15) is 22.5 Å². The van der Waals surface area contributed by atoms with Gasteiger partial charge in [-0.25, -0.2) is 14.2 Å². The van der Waals surface area contributed by atoms with Crippen LogP contribution in [0.25, 0.3) is 28.1 Å². The van der Waals surface area contributed by atoms with E-state index < -0.39 is 11.8 Å². The van der Waals surface area contributed by atoms with Gasteiger partial charge in [-0.05, 0) is 36.4 Å². The number of carbonyl (C=O) groups is 1. The molecule has 3 N–H and O–H groups in total. The minimum Gasteiger partial charge on any atom is -0.478 e. The predicted octanol–water partition coefficient (Wildman–Crippen LogP) is 2.58. The number of furan rings is 1. The standard InChI is InChI=1S/C24H23FN8O3/c25-16-12-15(23(34)35)3-4-18(16)31-8-5-30(6-9-31)7-10-32-14-27-21-19-13-17(20-2-1-11-36-20)29-33(19)24(26)28-22(21)32/h1-4,11-14H,5-10H2,(H2,26,28)(H,34,35). The van der Waals surface area contributed by atoms with Gasteiger partial charge in [0.2, 0.25) is 5.95 Å². The number of anilines is 2. The molecule has 184 valence electrons. The Balaban J connectivity index is 1.14. The van der Waals surface area contributed by atoms with Gasteiger partial charge in [-0.2, -0.15) is 14.6 Å². The number of carboxylic acid groups (broad SMARTS) is 1. The molecule has 1 aliphatic heterocycles. The number of benzene rings is 1. The molecule has 36 heavy (non-hydrogen) atoms. The molecule has 1 fully saturated rings. The van der Waals surface area contributed by atoms with Crippen LogP contribution in [-0.4, -0.2) is 72.8 Å². The second kappa shape index (κ2) is 8.64. The number of piperazine rings is 1. The molecule has 0 saturated carbocycles. The number of carboxylic acids is 1. The van der Waals surface area contributed by atoms with Crippen molar-refractivity contribution in [2.24, 2.45) is 0 Å². The summed E-state index contributed by atoms with van der Waals surface area (Å²) >= 11 is 0. The highest BCUT2D eigenvalue weighted by atomic mass is 19.1. The zero-order chi connectivity index (χ0) is 24.8. The number of imidazole rings is 1. The Kier molecular flexibility index (Phi) is 5.29. The van der Waals surface area contributed by atoms with Gasteiger partial charge in [-0.1, -0.05) is 0 Å². The van der Waals surface area contributed by atoms with Crippen LogP contribution in [0.15, 0.2) is 53.4 Å². The third-order valence-electron chi connectivity index (χ3n) is 6.54. The number of aromatic nitrogens is 5. The van der Waals surface area contributed by atoms with Gasteiger partial charge in [0.05, 0.1) is 23.8 Å². The average Bonchev–Trinajstić information content (AvgIpc) is 3.63. The van der Waals surface area contributed by atoms with Crippen LogP contribution in [0.3, 0.4) is 0 Å². The zero-order valence-electron chi connectivity index (χ0n) is 19.2. The van der Waals surface area contributed by atoms with E-state index in [1.165, 1.54) is 12.1 Å². The number of nitrogens with zero attached hydrogens (tertiary/aromatic N) is 7. The van der Waals surface area contributed by atoms with Gasteiger partial charge in [0.25, 0.3) is 0 Å². The lowest BCUT2D eigenvalue weighted by atomic mass is 10.1. The number of rotatable bonds is 6. The van der Waals surface area contributed by atoms with Crippen LogP contribution < -0.4 is 10.6 Å². The van der Waals surface area contributed by atoms with Crippen LogP contribution in [0.4, 0.5) is 16.0 Å². The molecule has 0 amide bonds. The summed E-state index contributed by atoms with van der Waals surface area (Å²) in [5, 5.41) is 13.5. The fraction of sp³-hybridized carbons (Fsp3) is 0.250. The van der Waals surface area contributed by atoms with E-state index in [2.05, 4.69) is 20.0 Å². The second-order valence-electron chi connectivity index (χ2n) is 8.68. The number of nitrogens with two attached hydrogens (primary N) is 1. The van der Waals surface area contributed by atoms with Crippen molar-refractivity contribution in [2.75, 3.05) is 43.4 Å². The number of aromatic carboxylic acids is 1. The SMILES string of the molecule is Nc1nc2c(ncn2CCN2CCN(c3ccc(C(=O)O)cc3F)CC2)c2cc(-c3ccco3)nn12. The van der Waals surface area contributed by atoms with Gasteiger partial charge in [-0.3, -0.25) is 4.90 Å². The molecule has 0 atom stereocenters. The van der Waals surface area contributed by atoms with E-state index in [4.69, 9.17) is 15.3 Å². The van der Waals surface area contributed by atoms with Crippen LogP contribution in [-0.2, 0) is 6.54 Å². The summed E-state index contributed by atoms with van der Waals surface area (Å²) in [5.74, 6) is -0.747. The van der Waals surface area contributed by atoms with Crippen LogP contribution in [0.1, 0.15) is 10.4 Å². The summed E-state index contributed by atoms with van der Waals surface area (Å²) in [6.07, 6.45) is 3.35. The van der Waals surface area contributed by atoms with E-state index in [9.17, 15) is 9.18 Å². The normalized spacial score (nSPS) is 14.8. The highest BCUT2D eigenvalue weighted by Crippen LogP contribution is 2.26. The Hall–Kier alpha value is -4.45. The molecule has 5 heterocycles. The highest BCUT2D eigenvalue weighted by molar-refractivity contribution is 5.91. The number of fused-ring (bicyclic) bond motifs is 3. The summed E-state index contributed by atoms with van der Waals surface area (Å²) in [7, 11) is 0. The molecule has 12 heteroatoms. The fourth-order valence-corrected chi connectivity index (χ4v) is 4.62. The van der Waals surface area contributed by atoms with Crippen LogP contribution >= 0.6 is 0 Å². The lowest BCUT2D eigenvalue weighted by Crippen LogP contribution is -2.47. The van der Waals surface area contributed by atoms with Crippen molar-refractivity contribution in [3.8, 4) is 11.5 Å². The minimum absolute atomic E-state index is 0.0536. The van der Waals surface area contributed by atoms with Gasteiger partial charge >= 0.3 is 5.97 Å². The van der Waals surface area contributed by atoms with E-state index >= 15 is 0 Å². The number of hydrogen-bond acceptors (Lipinski definition) is 8. The molecule has 1 aromatic carbocycles. The molecule has 1 saturated heterocycles. The molecule has 0 unspecified atom stereocenters. The van der Waals surface area contributed by atoms with Crippen molar-refractivity contribution in [1.82, 2.24) is 29.0 Å². The monoisotopic (exact) mass is 490 g/mol. The molecular weight excluding hydrogens is 467 g/mol. The van der Waals surface area contributed by atoms with Gasteiger partial charge < -0.3 is 24.7 Å². The quantitative estimate of drug-likeness (QED) is 0.369. The molecule has 0 bridgehead atoms. The van der Waals surface area contributed by atoms with Crippen molar-refractivity contribution < 1.29 is 18.7 Å². The lowest BCUT2D eigenvalue weighted by molar-refractivity contribution is 0.0696. The Morgan fingerprint density at radius 2 is 1.97 bits per heavy atom. The Morgan fingerprint density at radius 1 is 1.14 bits per heavy atom. The third-order valence-corrected chi connectivity index (χ3v) is 6.54. The predicted molar refractivity (Wildman–Crippen MR) is 130 cm³/mol. The fourth-order valence-electron chi connectivity index (χ4n) is 4.62. The van der Waals surface area contributed by atoms with Crippen molar-refractivity contribution in [2.45, 2.75) is 6.54 Å². The van der Waals surface area contributed by atoms with Crippen LogP contribution in [0.5, 0.6) is 0 Å². The minimum atomic E-state index is -1.14. The molecular formula is C24H23FN8O3. The van der Waals surface area contributed by atoms with Crippen molar-refractivity contribution in [3.05, 3.63) is 60.4 Å². The first-order valence-electron chi connectivity index (χ1n) is 11.5. The molecule has 5 aromatic rings. The second-order valence-corrected chi connectivity index (χ2v) is 8.68. The van der Waals surface area contributed by atoms with Crippen LogP contribution in [0, 0.1) is 5.82 Å². The van der Waals surface area contributed by atoms with Gasteiger partial charge in [-0.15, -0.1) is 0 Å². The summed E-state index contributed by atoms with van der Waals surface area (Å²) in [5.41, 5.74) is 9.38. The molecule has 1 aliphatic rings. The van der Waals surface area contributed by atoms with Gasteiger partial charge in [0, 0.05) is 39.3 Å². The average molecular weight is 490 g/mol. The smallest absolute Gasteiger partial charge is 0.335 e. The van der Waals surface area contributed by atoms with Crippen LogP contribution in [0.2, 0.25) is 0 Å². The van der Waals surface area contributed by atoms with E-state index in [-0.39, 0.29) is 11.5 Å². The maximum atomic E-state index is 14.4. The van der Waals surface area contributed by atoms with E-state index in [0.29, 0.717) is 47.9 Å². The van der Waals surface area contributed by atoms with Crippen molar-refractivity contribution in [3.63, 3.8) is 0 Å². The number of hydrogen-bond donors (Lipinski definition) is 2. The topological polar surface area (TPSA) is 131 Å². The lowest BCUT2D eigenvalue weighted by Gasteiger charge is -2.36. The molecule has 6 rings (SSSR count). The maximum absolute atomic E-state index is 14.4. The number of nitrogen functional groups attached to an aromatic ring is 1. The Labute approximate surface area is 204 Å². The number of halogens is 1. The summed E-state index contributed by atoms with van der Waals surface area (Å²) in [4.78, 5) is 24.4.